The smallest absolute Gasteiger partial charge is 0.228 e. The highest BCUT2D eigenvalue weighted by atomic mass is 16.1. The van der Waals surface area contributed by atoms with Gasteiger partial charge in [-0.15, -0.1) is 6.58 Å². The van der Waals surface area contributed by atoms with Gasteiger partial charge in [0, 0.05) is 12.2 Å². The van der Waals surface area contributed by atoms with Crippen molar-refractivity contribution >= 4 is 23.0 Å². The van der Waals surface area contributed by atoms with Crippen LogP contribution in [0.3, 0.4) is 0 Å². The van der Waals surface area contributed by atoms with E-state index in [0.717, 1.165) is 16.9 Å². The first kappa shape index (κ1) is 9.58. The number of nitrogens with one attached hydrogen (secondary N) is 2. The molecule has 4 nitrogen and oxygen atoms in total. The highest BCUT2D eigenvalue weighted by Gasteiger charge is 2.18. The third-order valence-electron chi connectivity index (χ3n) is 2.34. The second kappa shape index (κ2) is 3.65. The third-order valence-corrected chi connectivity index (χ3v) is 2.34. The Bertz CT molecular complexity index is 426. The molecule has 4 N–H and O–H groups in total. The van der Waals surface area contributed by atoms with Crippen LogP contribution in [0.15, 0.2) is 24.8 Å². The van der Waals surface area contributed by atoms with Gasteiger partial charge in [-0.05, 0) is 17.7 Å². The minimum atomic E-state index is 0.0188. The molecule has 0 atom stereocenters. The monoisotopic (exact) mass is 203 g/mol. The summed E-state index contributed by atoms with van der Waals surface area (Å²) in [5, 5.41) is 5.89. The Labute approximate surface area is 88.2 Å². The van der Waals surface area contributed by atoms with Crippen LogP contribution in [0.4, 0.5) is 17.1 Å². The average Bonchev–Trinajstić information content (AvgIpc) is 2.53. The quantitative estimate of drug-likeness (QED) is 0.513. The van der Waals surface area contributed by atoms with E-state index in [1.807, 2.05) is 12.1 Å². The van der Waals surface area contributed by atoms with E-state index in [4.69, 9.17) is 5.73 Å². The van der Waals surface area contributed by atoms with Gasteiger partial charge in [0.1, 0.15) is 0 Å². The molecule has 1 aliphatic rings. The van der Waals surface area contributed by atoms with Gasteiger partial charge in [0.05, 0.1) is 17.8 Å². The van der Waals surface area contributed by atoms with Crippen LogP contribution < -0.4 is 16.4 Å². The number of benzene rings is 1. The zero-order valence-corrected chi connectivity index (χ0v) is 8.34. The molecule has 1 aromatic carbocycles. The first-order valence-corrected chi connectivity index (χ1v) is 4.77. The molecular weight excluding hydrogens is 190 g/mol. The van der Waals surface area contributed by atoms with Crippen LogP contribution in [-0.4, -0.2) is 12.5 Å². The predicted molar refractivity (Wildman–Crippen MR) is 61.9 cm³/mol. The van der Waals surface area contributed by atoms with E-state index in [-0.39, 0.29) is 5.91 Å². The van der Waals surface area contributed by atoms with E-state index >= 15 is 0 Å². The number of carbonyl (C=O) groups is 1. The van der Waals surface area contributed by atoms with Crippen molar-refractivity contribution in [3.05, 3.63) is 30.4 Å². The highest BCUT2D eigenvalue weighted by Crippen LogP contribution is 2.31. The summed E-state index contributed by atoms with van der Waals surface area (Å²) < 4.78 is 0. The molecule has 1 aromatic rings. The standard InChI is InChI=1S/C11H13N3O/c1-2-3-13-10-6-9-7(4-8(10)12)5-11(15)14-9/h2,4,6,13H,1,3,5,12H2,(H,14,15). The molecule has 0 saturated heterocycles. The first-order valence-electron chi connectivity index (χ1n) is 4.77. The SMILES string of the molecule is C=CCNc1cc2c(cc1N)CC(=O)N2. The van der Waals surface area contributed by atoms with Crippen molar-refractivity contribution < 1.29 is 4.79 Å². The van der Waals surface area contributed by atoms with Crippen molar-refractivity contribution in [3.63, 3.8) is 0 Å². The summed E-state index contributed by atoms with van der Waals surface area (Å²) in [6.45, 7) is 4.27. The number of rotatable bonds is 3. The Kier molecular flexibility index (Phi) is 2.33. The maximum atomic E-state index is 11.1. The Balaban J connectivity index is 2.31. The third kappa shape index (κ3) is 1.79. The number of nitrogen functional groups attached to an aromatic ring is 1. The summed E-state index contributed by atoms with van der Waals surface area (Å²) in [6, 6.07) is 3.69. The molecule has 0 fully saturated rings. The first-order chi connectivity index (χ1) is 7.20. The molecule has 15 heavy (non-hydrogen) atoms. The van der Waals surface area contributed by atoms with Gasteiger partial charge in [-0.25, -0.2) is 0 Å². The van der Waals surface area contributed by atoms with E-state index in [9.17, 15) is 4.79 Å². The number of amides is 1. The largest absolute Gasteiger partial charge is 0.397 e. The number of anilines is 3. The van der Waals surface area contributed by atoms with Crippen molar-refractivity contribution in [2.45, 2.75) is 6.42 Å². The molecule has 0 unspecified atom stereocenters. The molecule has 1 heterocycles. The second-order valence-corrected chi connectivity index (χ2v) is 3.49. The zero-order valence-electron chi connectivity index (χ0n) is 8.34. The van der Waals surface area contributed by atoms with E-state index in [1.165, 1.54) is 0 Å². The van der Waals surface area contributed by atoms with Crippen LogP contribution in [0, 0.1) is 0 Å². The van der Waals surface area contributed by atoms with Gasteiger partial charge < -0.3 is 16.4 Å². The Hall–Kier alpha value is -1.97. The van der Waals surface area contributed by atoms with Gasteiger partial charge in [0.25, 0.3) is 0 Å². The van der Waals surface area contributed by atoms with Crippen molar-refractivity contribution in [1.29, 1.82) is 0 Å². The van der Waals surface area contributed by atoms with Crippen molar-refractivity contribution in [2.24, 2.45) is 0 Å². The van der Waals surface area contributed by atoms with Gasteiger partial charge in [0.2, 0.25) is 5.91 Å². The minimum Gasteiger partial charge on any atom is -0.397 e. The molecule has 2 rings (SSSR count). The fourth-order valence-electron chi connectivity index (χ4n) is 1.63. The van der Waals surface area contributed by atoms with Crippen molar-refractivity contribution in [1.82, 2.24) is 0 Å². The number of hydrogen-bond acceptors (Lipinski definition) is 3. The molecular formula is C11H13N3O. The Morgan fingerprint density at radius 2 is 2.40 bits per heavy atom. The molecule has 78 valence electrons. The topological polar surface area (TPSA) is 67.1 Å². The molecule has 0 aromatic heterocycles. The molecule has 1 amide bonds. The number of hydrogen-bond donors (Lipinski definition) is 3. The average molecular weight is 203 g/mol. The van der Waals surface area contributed by atoms with Crippen LogP contribution in [0.2, 0.25) is 0 Å². The lowest BCUT2D eigenvalue weighted by molar-refractivity contribution is -0.115. The molecule has 0 saturated carbocycles. The Morgan fingerprint density at radius 3 is 3.13 bits per heavy atom. The van der Waals surface area contributed by atoms with Crippen molar-refractivity contribution in [3.8, 4) is 0 Å². The van der Waals surface area contributed by atoms with Gasteiger partial charge in [-0.2, -0.15) is 0 Å². The van der Waals surface area contributed by atoms with Gasteiger partial charge in [-0.3, -0.25) is 4.79 Å². The lowest BCUT2D eigenvalue weighted by atomic mass is 10.1. The summed E-state index contributed by atoms with van der Waals surface area (Å²) in [5.41, 5.74) is 9.14. The highest BCUT2D eigenvalue weighted by molar-refractivity contribution is 6.00. The molecule has 0 aliphatic carbocycles. The molecule has 0 radical (unpaired) electrons. The maximum Gasteiger partial charge on any atom is 0.228 e. The fraction of sp³-hybridized carbons (Fsp3) is 0.182. The lowest BCUT2D eigenvalue weighted by Crippen LogP contribution is -2.04. The molecule has 0 bridgehead atoms. The van der Waals surface area contributed by atoms with Gasteiger partial charge >= 0.3 is 0 Å². The summed E-state index contributed by atoms with van der Waals surface area (Å²) in [4.78, 5) is 11.1. The minimum absolute atomic E-state index is 0.0188. The van der Waals surface area contributed by atoms with Crippen molar-refractivity contribution in [2.75, 3.05) is 22.9 Å². The van der Waals surface area contributed by atoms with E-state index in [1.54, 1.807) is 6.08 Å². The predicted octanol–water partition coefficient (Wildman–Crippen LogP) is 1.36. The summed E-state index contributed by atoms with van der Waals surface area (Å²) in [5.74, 6) is 0.0188. The van der Waals surface area contributed by atoms with Gasteiger partial charge in [-0.1, -0.05) is 6.08 Å². The maximum absolute atomic E-state index is 11.1. The summed E-state index contributed by atoms with van der Waals surface area (Å²) in [6.07, 6.45) is 2.17. The van der Waals surface area contributed by atoms with E-state index in [0.29, 0.717) is 18.7 Å². The van der Waals surface area contributed by atoms with Crippen LogP contribution in [0.1, 0.15) is 5.56 Å². The van der Waals surface area contributed by atoms with Crippen LogP contribution >= 0.6 is 0 Å². The summed E-state index contributed by atoms with van der Waals surface area (Å²) in [7, 11) is 0. The van der Waals surface area contributed by atoms with Crippen LogP contribution in [0.25, 0.3) is 0 Å². The van der Waals surface area contributed by atoms with Crippen LogP contribution in [-0.2, 0) is 11.2 Å². The zero-order chi connectivity index (χ0) is 10.8. The number of fused-ring (bicyclic) bond motifs is 1. The van der Waals surface area contributed by atoms with E-state index in [2.05, 4.69) is 17.2 Å². The van der Waals surface area contributed by atoms with E-state index < -0.39 is 0 Å². The molecule has 0 spiro atoms. The van der Waals surface area contributed by atoms with Gasteiger partial charge in [0.15, 0.2) is 0 Å². The summed E-state index contributed by atoms with van der Waals surface area (Å²) >= 11 is 0. The number of carbonyl (C=O) groups excluding carboxylic acids is 1. The molecule has 4 heteroatoms. The number of nitrogens with two attached hydrogens (primary N) is 1. The molecule has 1 aliphatic heterocycles. The second-order valence-electron chi connectivity index (χ2n) is 3.49. The normalized spacial score (nSPS) is 13.2. The lowest BCUT2D eigenvalue weighted by Gasteiger charge is -2.09. The Morgan fingerprint density at radius 1 is 1.60 bits per heavy atom. The van der Waals surface area contributed by atoms with Crippen LogP contribution in [0.5, 0.6) is 0 Å². The fourth-order valence-corrected chi connectivity index (χ4v) is 1.63.